The van der Waals surface area contributed by atoms with Crippen LogP contribution in [-0.4, -0.2) is 24.5 Å². The molecule has 0 aromatic carbocycles. The molecule has 1 aliphatic rings. The summed E-state index contributed by atoms with van der Waals surface area (Å²) >= 11 is 1.58. The van der Waals surface area contributed by atoms with Crippen molar-refractivity contribution in [2.24, 2.45) is 0 Å². The van der Waals surface area contributed by atoms with Crippen molar-refractivity contribution in [3.8, 4) is 0 Å². The van der Waals surface area contributed by atoms with Crippen molar-refractivity contribution >= 4 is 17.2 Å². The summed E-state index contributed by atoms with van der Waals surface area (Å²) in [6.07, 6.45) is 2.05. The maximum Gasteiger partial charge on any atom is 0.261 e. The average Bonchev–Trinajstić information content (AvgIpc) is 2.59. The first-order valence-corrected chi connectivity index (χ1v) is 6.99. The van der Waals surface area contributed by atoms with Crippen molar-refractivity contribution in [1.82, 2.24) is 10.6 Å². The van der Waals surface area contributed by atoms with Gasteiger partial charge >= 0.3 is 0 Å². The van der Waals surface area contributed by atoms with Crippen LogP contribution in [0, 0.1) is 13.8 Å². The third-order valence-electron chi connectivity index (χ3n) is 3.35. The van der Waals surface area contributed by atoms with E-state index in [2.05, 4.69) is 31.4 Å². The summed E-state index contributed by atoms with van der Waals surface area (Å²) < 4.78 is 0. The smallest absolute Gasteiger partial charge is 0.261 e. The van der Waals surface area contributed by atoms with E-state index in [-0.39, 0.29) is 5.91 Å². The molecule has 0 bridgehead atoms. The molecule has 2 atom stereocenters. The van der Waals surface area contributed by atoms with Crippen molar-refractivity contribution in [2.45, 2.75) is 45.7 Å². The summed E-state index contributed by atoms with van der Waals surface area (Å²) in [7, 11) is 0. The van der Waals surface area contributed by atoms with Crippen molar-refractivity contribution < 1.29 is 4.79 Å². The van der Waals surface area contributed by atoms with Gasteiger partial charge in [-0.2, -0.15) is 0 Å². The molecule has 2 unspecified atom stereocenters. The van der Waals surface area contributed by atoms with E-state index in [1.54, 1.807) is 11.3 Å². The largest absolute Gasteiger partial charge is 0.349 e. The summed E-state index contributed by atoms with van der Waals surface area (Å²) in [5, 5.41) is 6.53. The molecule has 94 valence electrons. The normalized spacial score (nSPS) is 24.6. The van der Waals surface area contributed by atoms with Gasteiger partial charge in [0.1, 0.15) is 0 Å². The fourth-order valence-corrected chi connectivity index (χ4v) is 3.14. The molecule has 2 N–H and O–H groups in total. The average molecular weight is 252 g/mol. The van der Waals surface area contributed by atoms with Crippen molar-refractivity contribution in [2.75, 3.05) is 6.54 Å². The Morgan fingerprint density at radius 3 is 2.88 bits per heavy atom. The highest BCUT2D eigenvalue weighted by Crippen LogP contribution is 2.21. The summed E-state index contributed by atoms with van der Waals surface area (Å²) in [6, 6.07) is 2.81. The number of carbonyl (C=O) groups is 1. The molecule has 1 aromatic rings. The SMILES string of the molecule is Cc1cc(C(=O)NC2CCNC(C)C2)sc1C. The first-order valence-electron chi connectivity index (χ1n) is 6.17. The number of nitrogens with one attached hydrogen (secondary N) is 2. The predicted molar refractivity (Wildman–Crippen MR) is 71.7 cm³/mol. The van der Waals surface area contributed by atoms with Gasteiger partial charge in [-0.1, -0.05) is 0 Å². The minimum absolute atomic E-state index is 0.0882. The third kappa shape index (κ3) is 3.07. The van der Waals surface area contributed by atoms with Crippen LogP contribution < -0.4 is 10.6 Å². The zero-order valence-electron chi connectivity index (χ0n) is 10.7. The maximum atomic E-state index is 12.1. The molecule has 2 heterocycles. The van der Waals surface area contributed by atoms with Crippen LogP contribution in [0.3, 0.4) is 0 Å². The second kappa shape index (κ2) is 5.19. The monoisotopic (exact) mass is 252 g/mol. The van der Waals surface area contributed by atoms with Gasteiger partial charge in [-0.25, -0.2) is 0 Å². The molecule has 0 spiro atoms. The van der Waals surface area contributed by atoms with Crippen LogP contribution in [0.15, 0.2) is 6.07 Å². The van der Waals surface area contributed by atoms with Crippen molar-refractivity contribution in [1.29, 1.82) is 0 Å². The Bertz CT molecular complexity index is 394. The summed E-state index contributed by atoms with van der Waals surface area (Å²) in [5.74, 6) is 0.0882. The van der Waals surface area contributed by atoms with Gasteiger partial charge in [0.15, 0.2) is 0 Å². The maximum absolute atomic E-state index is 12.1. The molecular formula is C13H20N2OS. The third-order valence-corrected chi connectivity index (χ3v) is 4.50. The van der Waals surface area contributed by atoms with E-state index < -0.39 is 0 Å². The molecule has 0 aliphatic carbocycles. The number of piperidine rings is 1. The zero-order chi connectivity index (χ0) is 12.4. The number of hydrogen-bond acceptors (Lipinski definition) is 3. The molecule has 0 radical (unpaired) electrons. The topological polar surface area (TPSA) is 41.1 Å². The second-order valence-electron chi connectivity index (χ2n) is 4.90. The van der Waals surface area contributed by atoms with Crippen LogP contribution in [0.1, 0.15) is 39.9 Å². The van der Waals surface area contributed by atoms with Crippen LogP contribution >= 0.6 is 11.3 Å². The molecule has 0 saturated carbocycles. The minimum Gasteiger partial charge on any atom is -0.349 e. The molecule has 1 saturated heterocycles. The van der Waals surface area contributed by atoms with Crippen LogP contribution in [0.4, 0.5) is 0 Å². The molecule has 1 aliphatic heterocycles. The lowest BCUT2D eigenvalue weighted by molar-refractivity contribution is 0.0930. The van der Waals surface area contributed by atoms with E-state index in [9.17, 15) is 4.79 Å². The Hall–Kier alpha value is -0.870. The number of carbonyl (C=O) groups excluding carboxylic acids is 1. The lowest BCUT2D eigenvalue weighted by Gasteiger charge is -2.28. The number of hydrogen-bond donors (Lipinski definition) is 2. The molecule has 1 amide bonds. The van der Waals surface area contributed by atoms with E-state index in [1.807, 2.05) is 6.07 Å². The van der Waals surface area contributed by atoms with Crippen LogP contribution in [-0.2, 0) is 0 Å². The highest BCUT2D eigenvalue weighted by molar-refractivity contribution is 7.14. The summed E-state index contributed by atoms with van der Waals surface area (Å²) in [6.45, 7) is 7.27. The Labute approximate surface area is 107 Å². The van der Waals surface area contributed by atoms with Gasteiger partial charge in [0.2, 0.25) is 0 Å². The standard InChI is InChI=1S/C13H20N2OS/c1-8-6-12(17-10(8)3)13(16)15-11-4-5-14-9(2)7-11/h6,9,11,14H,4-5,7H2,1-3H3,(H,15,16). The first-order chi connectivity index (χ1) is 8.06. The van der Waals surface area contributed by atoms with E-state index in [0.29, 0.717) is 12.1 Å². The van der Waals surface area contributed by atoms with E-state index in [1.165, 1.54) is 10.4 Å². The molecule has 17 heavy (non-hydrogen) atoms. The van der Waals surface area contributed by atoms with E-state index in [0.717, 1.165) is 24.3 Å². The second-order valence-corrected chi connectivity index (χ2v) is 6.16. The minimum atomic E-state index is 0.0882. The van der Waals surface area contributed by atoms with Crippen LogP contribution in [0.2, 0.25) is 0 Å². The summed E-state index contributed by atoms with van der Waals surface area (Å²) in [5.41, 5.74) is 1.21. The highest BCUT2D eigenvalue weighted by Gasteiger charge is 2.21. The van der Waals surface area contributed by atoms with Gasteiger partial charge in [-0.15, -0.1) is 11.3 Å². The quantitative estimate of drug-likeness (QED) is 0.847. The molecule has 1 aromatic heterocycles. The zero-order valence-corrected chi connectivity index (χ0v) is 11.5. The van der Waals surface area contributed by atoms with E-state index >= 15 is 0 Å². The molecular weight excluding hydrogens is 232 g/mol. The molecule has 3 nitrogen and oxygen atoms in total. The molecule has 1 fully saturated rings. The fourth-order valence-electron chi connectivity index (χ4n) is 2.20. The van der Waals surface area contributed by atoms with Gasteiger partial charge < -0.3 is 10.6 Å². The van der Waals surface area contributed by atoms with Crippen LogP contribution in [0.25, 0.3) is 0 Å². The van der Waals surface area contributed by atoms with Gasteiger partial charge in [0.05, 0.1) is 4.88 Å². The first kappa shape index (κ1) is 12.6. The lowest BCUT2D eigenvalue weighted by atomic mass is 10.0. The van der Waals surface area contributed by atoms with Crippen molar-refractivity contribution in [3.05, 3.63) is 21.4 Å². The molecule has 2 rings (SSSR count). The van der Waals surface area contributed by atoms with Gasteiger partial charge in [-0.05, 0) is 51.8 Å². The fraction of sp³-hybridized carbons (Fsp3) is 0.615. The van der Waals surface area contributed by atoms with Gasteiger partial charge in [0.25, 0.3) is 5.91 Å². The van der Waals surface area contributed by atoms with E-state index in [4.69, 9.17) is 0 Å². The van der Waals surface area contributed by atoms with Crippen molar-refractivity contribution in [3.63, 3.8) is 0 Å². The Morgan fingerprint density at radius 1 is 1.53 bits per heavy atom. The predicted octanol–water partition coefficient (Wildman–Crippen LogP) is 2.24. The molecule has 4 heteroatoms. The number of thiophene rings is 1. The Kier molecular flexibility index (Phi) is 3.84. The number of aryl methyl sites for hydroxylation is 2. The highest BCUT2D eigenvalue weighted by atomic mass is 32.1. The summed E-state index contributed by atoms with van der Waals surface area (Å²) in [4.78, 5) is 14.1. The van der Waals surface area contributed by atoms with Gasteiger partial charge in [-0.3, -0.25) is 4.79 Å². The number of rotatable bonds is 2. The lowest BCUT2D eigenvalue weighted by Crippen LogP contribution is -2.46. The van der Waals surface area contributed by atoms with Crippen LogP contribution in [0.5, 0.6) is 0 Å². The van der Waals surface area contributed by atoms with Gasteiger partial charge in [0, 0.05) is 17.0 Å². The Balaban J connectivity index is 1.96. The number of amides is 1. The Morgan fingerprint density at radius 2 is 2.29 bits per heavy atom.